The summed E-state index contributed by atoms with van der Waals surface area (Å²) in [5.74, 6) is 0. The summed E-state index contributed by atoms with van der Waals surface area (Å²) in [6.45, 7) is 1.14. The van der Waals surface area contributed by atoms with Crippen molar-refractivity contribution in [3.8, 4) is 0 Å². The molecular formula is C13H14N2. The van der Waals surface area contributed by atoms with Crippen molar-refractivity contribution < 1.29 is 0 Å². The minimum atomic E-state index is 1.06. The van der Waals surface area contributed by atoms with E-state index in [0.29, 0.717) is 0 Å². The molecule has 0 fully saturated rings. The first kappa shape index (κ1) is 9.71. The molecular weight excluding hydrogens is 184 g/mol. The monoisotopic (exact) mass is 198 g/mol. The van der Waals surface area contributed by atoms with Crippen molar-refractivity contribution >= 4 is 10.9 Å². The minimum Gasteiger partial charge on any atom is -0.391 e. The fraction of sp³-hybridized carbons (Fsp3) is 0.154. The third kappa shape index (κ3) is 2.81. The number of hydrogen-bond acceptors (Lipinski definition) is 2. The second kappa shape index (κ2) is 5.15. The Bertz CT molecular complexity index is 377. The quantitative estimate of drug-likeness (QED) is 0.704. The number of rotatable bonds is 0. The van der Waals surface area contributed by atoms with Gasteiger partial charge in [-0.15, -0.1) is 0 Å². The predicted molar refractivity (Wildman–Crippen MR) is 63.5 cm³/mol. The van der Waals surface area contributed by atoms with Gasteiger partial charge in [0.15, 0.2) is 0 Å². The first-order valence-electron chi connectivity index (χ1n) is 5.15. The standard InChI is InChI=1S/C9H7N.C4H7N/c1-2-6-9-8(4-1)5-3-7-10-9;1-2-4-5-3-1/h1-7H;1,3,5H,2,4H2. The maximum absolute atomic E-state index is 4.18. The number of nitrogens with one attached hydrogen (secondary N) is 1. The molecule has 2 heterocycles. The molecule has 1 aliphatic heterocycles. The van der Waals surface area contributed by atoms with Crippen LogP contribution in [-0.4, -0.2) is 11.5 Å². The van der Waals surface area contributed by atoms with Crippen LogP contribution in [0, 0.1) is 0 Å². The second-order valence-corrected chi connectivity index (χ2v) is 3.34. The number of benzene rings is 1. The Morgan fingerprint density at radius 2 is 1.93 bits per heavy atom. The fourth-order valence-electron chi connectivity index (χ4n) is 1.43. The molecule has 0 saturated carbocycles. The van der Waals surface area contributed by atoms with Crippen LogP contribution in [0.1, 0.15) is 6.42 Å². The summed E-state index contributed by atoms with van der Waals surface area (Å²) in [7, 11) is 0. The summed E-state index contributed by atoms with van der Waals surface area (Å²) < 4.78 is 0. The van der Waals surface area contributed by atoms with Crippen molar-refractivity contribution in [1.29, 1.82) is 0 Å². The van der Waals surface area contributed by atoms with Gasteiger partial charge in [0.05, 0.1) is 5.52 Å². The average molecular weight is 198 g/mol. The number of pyridine rings is 1. The topological polar surface area (TPSA) is 24.9 Å². The van der Waals surface area contributed by atoms with Crippen LogP contribution in [0.5, 0.6) is 0 Å². The smallest absolute Gasteiger partial charge is 0.0701 e. The van der Waals surface area contributed by atoms with Crippen molar-refractivity contribution in [2.75, 3.05) is 6.54 Å². The summed E-state index contributed by atoms with van der Waals surface area (Å²) in [5, 5.41) is 4.24. The van der Waals surface area contributed by atoms with Gasteiger partial charge in [0, 0.05) is 18.1 Å². The molecule has 1 aliphatic rings. The van der Waals surface area contributed by atoms with Gasteiger partial charge in [-0.1, -0.05) is 30.3 Å². The van der Waals surface area contributed by atoms with Crippen molar-refractivity contribution in [2.45, 2.75) is 6.42 Å². The van der Waals surface area contributed by atoms with Crippen molar-refractivity contribution in [3.05, 3.63) is 54.9 Å². The van der Waals surface area contributed by atoms with Crippen LogP contribution in [0.2, 0.25) is 0 Å². The van der Waals surface area contributed by atoms with Gasteiger partial charge in [0.1, 0.15) is 0 Å². The number of fused-ring (bicyclic) bond motifs is 1. The lowest BCUT2D eigenvalue weighted by atomic mass is 10.2. The first-order valence-corrected chi connectivity index (χ1v) is 5.15. The third-order valence-electron chi connectivity index (χ3n) is 2.20. The Kier molecular flexibility index (Phi) is 3.34. The molecule has 15 heavy (non-hydrogen) atoms. The largest absolute Gasteiger partial charge is 0.391 e. The fourth-order valence-corrected chi connectivity index (χ4v) is 1.43. The molecule has 2 nitrogen and oxygen atoms in total. The highest BCUT2D eigenvalue weighted by Gasteiger charge is 1.86. The van der Waals surface area contributed by atoms with Crippen LogP contribution >= 0.6 is 0 Å². The molecule has 1 aromatic heterocycles. The lowest BCUT2D eigenvalue weighted by molar-refractivity contribution is 0.917. The zero-order valence-electron chi connectivity index (χ0n) is 8.56. The van der Waals surface area contributed by atoms with Crippen LogP contribution in [-0.2, 0) is 0 Å². The van der Waals surface area contributed by atoms with Gasteiger partial charge < -0.3 is 5.32 Å². The molecule has 2 aromatic rings. The normalized spacial score (nSPS) is 13.1. The molecule has 2 heteroatoms. The highest BCUT2D eigenvalue weighted by molar-refractivity contribution is 5.77. The van der Waals surface area contributed by atoms with Gasteiger partial charge in [-0.05, 0) is 24.8 Å². The molecule has 0 unspecified atom stereocenters. The Morgan fingerprint density at radius 3 is 2.60 bits per heavy atom. The highest BCUT2D eigenvalue weighted by atomic mass is 14.8. The van der Waals surface area contributed by atoms with Crippen LogP contribution in [0.15, 0.2) is 54.9 Å². The van der Waals surface area contributed by atoms with Crippen LogP contribution in [0.3, 0.4) is 0 Å². The van der Waals surface area contributed by atoms with Gasteiger partial charge in [0.25, 0.3) is 0 Å². The van der Waals surface area contributed by atoms with E-state index < -0.39 is 0 Å². The minimum absolute atomic E-state index is 1.06. The number of para-hydroxylation sites is 1. The second-order valence-electron chi connectivity index (χ2n) is 3.34. The van der Waals surface area contributed by atoms with Gasteiger partial charge in [-0.25, -0.2) is 0 Å². The van der Waals surface area contributed by atoms with Crippen LogP contribution < -0.4 is 5.32 Å². The molecule has 1 aromatic carbocycles. The highest BCUT2D eigenvalue weighted by Crippen LogP contribution is 2.07. The van der Waals surface area contributed by atoms with Gasteiger partial charge >= 0.3 is 0 Å². The molecule has 0 atom stereocenters. The van der Waals surface area contributed by atoms with Gasteiger partial charge in [0.2, 0.25) is 0 Å². The molecule has 0 amide bonds. The molecule has 0 spiro atoms. The lowest BCUT2D eigenvalue weighted by Crippen LogP contribution is -1.96. The van der Waals surface area contributed by atoms with Gasteiger partial charge in [-0.2, -0.15) is 0 Å². The summed E-state index contributed by atoms with van der Waals surface area (Å²) in [5.41, 5.74) is 1.06. The zero-order chi connectivity index (χ0) is 10.3. The third-order valence-corrected chi connectivity index (χ3v) is 2.20. The van der Waals surface area contributed by atoms with E-state index in [1.54, 1.807) is 0 Å². The summed E-state index contributed by atoms with van der Waals surface area (Å²) >= 11 is 0. The van der Waals surface area contributed by atoms with Gasteiger partial charge in [-0.3, -0.25) is 4.98 Å². The van der Waals surface area contributed by atoms with E-state index in [1.165, 1.54) is 11.8 Å². The van der Waals surface area contributed by atoms with Crippen LogP contribution in [0.25, 0.3) is 10.9 Å². The molecule has 76 valence electrons. The Morgan fingerprint density at radius 1 is 1.07 bits per heavy atom. The Hall–Kier alpha value is -1.83. The number of hydrogen-bond donors (Lipinski definition) is 1. The number of nitrogens with zero attached hydrogens (tertiary/aromatic N) is 1. The SMILES string of the molecule is C1=CNCC1.c1ccc2ncccc2c1. The Labute approximate surface area is 89.7 Å². The molecule has 3 rings (SSSR count). The summed E-state index contributed by atoms with van der Waals surface area (Å²) in [6, 6.07) is 12.1. The zero-order valence-corrected chi connectivity index (χ0v) is 8.56. The average Bonchev–Trinajstić information content (AvgIpc) is 2.88. The molecule has 0 bridgehead atoms. The predicted octanol–water partition coefficient (Wildman–Crippen LogP) is 2.73. The van der Waals surface area contributed by atoms with E-state index in [9.17, 15) is 0 Å². The lowest BCUT2D eigenvalue weighted by Gasteiger charge is -1.91. The number of aromatic nitrogens is 1. The van der Waals surface area contributed by atoms with E-state index in [-0.39, 0.29) is 0 Å². The summed E-state index contributed by atoms with van der Waals surface area (Å²) in [4.78, 5) is 4.18. The van der Waals surface area contributed by atoms with Crippen molar-refractivity contribution in [1.82, 2.24) is 10.3 Å². The molecule has 1 N–H and O–H groups in total. The van der Waals surface area contributed by atoms with E-state index >= 15 is 0 Å². The van der Waals surface area contributed by atoms with E-state index in [2.05, 4.69) is 28.5 Å². The van der Waals surface area contributed by atoms with E-state index in [4.69, 9.17) is 0 Å². The molecule has 0 radical (unpaired) electrons. The molecule has 0 aliphatic carbocycles. The molecule has 0 saturated heterocycles. The van der Waals surface area contributed by atoms with Crippen molar-refractivity contribution in [3.63, 3.8) is 0 Å². The maximum Gasteiger partial charge on any atom is 0.0701 e. The first-order chi connectivity index (χ1) is 7.47. The van der Waals surface area contributed by atoms with E-state index in [0.717, 1.165) is 12.1 Å². The summed E-state index contributed by atoms with van der Waals surface area (Å²) in [6.07, 6.45) is 7.13. The maximum atomic E-state index is 4.18. The van der Waals surface area contributed by atoms with Crippen molar-refractivity contribution in [2.24, 2.45) is 0 Å². The van der Waals surface area contributed by atoms with Crippen LogP contribution in [0.4, 0.5) is 0 Å². The Balaban J connectivity index is 0.000000144. The van der Waals surface area contributed by atoms with E-state index in [1.807, 2.05) is 36.7 Å².